The zero-order chi connectivity index (χ0) is 12.6. The standard InChI is InChI=1S/C10H9F2NO4.ClH/c1-15-9(14)8(13)5-2-3-6-7(4-5)17-10(11,12)16-6;/h2-4,8H,13H2,1H3;1H/t8-;/m1./s1. The minimum absolute atomic E-state index is 0. The van der Waals surface area contributed by atoms with Gasteiger partial charge in [0.2, 0.25) is 0 Å². The Morgan fingerprint density at radius 1 is 1.39 bits per heavy atom. The Hall–Kier alpha value is -1.60. The summed E-state index contributed by atoms with van der Waals surface area (Å²) in [6.07, 6.45) is -3.68. The molecule has 5 nitrogen and oxygen atoms in total. The van der Waals surface area contributed by atoms with Gasteiger partial charge in [-0.05, 0) is 17.7 Å². The number of carbonyl (C=O) groups is 1. The molecule has 1 aromatic rings. The van der Waals surface area contributed by atoms with E-state index in [4.69, 9.17) is 5.73 Å². The first-order valence-corrected chi connectivity index (χ1v) is 4.66. The molecule has 100 valence electrons. The summed E-state index contributed by atoms with van der Waals surface area (Å²) in [7, 11) is 1.18. The van der Waals surface area contributed by atoms with E-state index in [1.54, 1.807) is 0 Å². The van der Waals surface area contributed by atoms with Gasteiger partial charge in [0.05, 0.1) is 7.11 Å². The molecule has 0 amide bonds. The molecule has 0 bridgehead atoms. The summed E-state index contributed by atoms with van der Waals surface area (Å²) in [6.45, 7) is 0. The normalized spacial score (nSPS) is 16.7. The van der Waals surface area contributed by atoms with E-state index < -0.39 is 18.3 Å². The molecule has 1 heterocycles. The van der Waals surface area contributed by atoms with Gasteiger partial charge in [-0.1, -0.05) is 6.07 Å². The molecular formula is C10H10ClF2NO4. The largest absolute Gasteiger partial charge is 0.586 e. The van der Waals surface area contributed by atoms with Crippen molar-refractivity contribution in [3.63, 3.8) is 0 Å². The fraction of sp³-hybridized carbons (Fsp3) is 0.300. The number of carbonyl (C=O) groups excluding carboxylic acids is 1. The van der Waals surface area contributed by atoms with Crippen molar-refractivity contribution in [2.75, 3.05) is 7.11 Å². The SMILES string of the molecule is COC(=O)[C@H](N)c1ccc2c(c1)OC(F)(F)O2.Cl. The molecule has 1 aromatic carbocycles. The quantitative estimate of drug-likeness (QED) is 0.834. The maximum Gasteiger partial charge on any atom is 0.586 e. The van der Waals surface area contributed by atoms with E-state index in [0.717, 1.165) is 0 Å². The fourth-order valence-electron chi connectivity index (χ4n) is 1.42. The van der Waals surface area contributed by atoms with Crippen LogP contribution < -0.4 is 15.2 Å². The molecular weight excluding hydrogens is 272 g/mol. The van der Waals surface area contributed by atoms with Gasteiger partial charge < -0.3 is 19.9 Å². The van der Waals surface area contributed by atoms with Gasteiger partial charge >= 0.3 is 12.3 Å². The lowest BCUT2D eigenvalue weighted by molar-refractivity contribution is -0.286. The Morgan fingerprint density at radius 2 is 2.00 bits per heavy atom. The van der Waals surface area contributed by atoms with Gasteiger partial charge in [-0.2, -0.15) is 0 Å². The molecule has 0 fully saturated rings. The summed E-state index contributed by atoms with van der Waals surface area (Å²) >= 11 is 0. The van der Waals surface area contributed by atoms with Gasteiger partial charge in [-0.15, -0.1) is 21.2 Å². The molecule has 0 saturated heterocycles. The highest BCUT2D eigenvalue weighted by Gasteiger charge is 2.43. The van der Waals surface area contributed by atoms with Crippen molar-refractivity contribution in [1.29, 1.82) is 0 Å². The van der Waals surface area contributed by atoms with Gasteiger partial charge in [-0.25, -0.2) is 0 Å². The van der Waals surface area contributed by atoms with Crippen molar-refractivity contribution in [2.45, 2.75) is 12.3 Å². The van der Waals surface area contributed by atoms with Crippen molar-refractivity contribution >= 4 is 18.4 Å². The third-order valence-electron chi connectivity index (χ3n) is 2.24. The first-order chi connectivity index (χ1) is 7.93. The average Bonchev–Trinajstić information content (AvgIpc) is 2.59. The number of hydrogen-bond donors (Lipinski definition) is 1. The maximum atomic E-state index is 12.7. The smallest absolute Gasteiger partial charge is 0.468 e. The number of halogens is 3. The van der Waals surface area contributed by atoms with E-state index in [9.17, 15) is 13.6 Å². The predicted molar refractivity (Wildman–Crippen MR) is 58.8 cm³/mol. The number of fused-ring (bicyclic) bond motifs is 1. The van der Waals surface area contributed by atoms with Gasteiger partial charge in [-0.3, -0.25) is 4.79 Å². The summed E-state index contributed by atoms with van der Waals surface area (Å²) in [5.74, 6) is -0.932. The van der Waals surface area contributed by atoms with Crippen LogP contribution in [0.1, 0.15) is 11.6 Å². The van der Waals surface area contributed by atoms with E-state index in [-0.39, 0.29) is 23.9 Å². The van der Waals surface area contributed by atoms with Crippen LogP contribution in [0.25, 0.3) is 0 Å². The molecule has 0 spiro atoms. The monoisotopic (exact) mass is 281 g/mol. The third-order valence-corrected chi connectivity index (χ3v) is 2.24. The van der Waals surface area contributed by atoms with Gasteiger partial charge in [0.1, 0.15) is 6.04 Å². The molecule has 0 saturated carbocycles. The number of ether oxygens (including phenoxy) is 3. The molecule has 8 heteroatoms. The van der Waals surface area contributed by atoms with Crippen LogP contribution in [0, 0.1) is 0 Å². The molecule has 2 rings (SSSR count). The molecule has 0 radical (unpaired) electrons. The van der Waals surface area contributed by atoms with Gasteiger partial charge in [0.15, 0.2) is 11.5 Å². The van der Waals surface area contributed by atoms with Crippen molar-refractivity contribution in [3.05, 3.63) is 23.8 Å². The van der Waals surface area contributed by atoms with Crippen LogP contribution in [-0.4, -0.2) is 19.4 Å². The van der Waals surface area contributed by atoms with Crippen molar-refractivity contribution in [2.24, 2.45) is 5.73 Å². The van der Waals surface area contributed by atoms with E-state index in [2.05, 4.69) is 14.2 Å². The number of methoxy groups -OCH3 is 1. The molecule has 0 aromatic heterocycles. The molecule has 2 N–H and O–H groups in total. The molecule has 1 aliphatic rings. The molecule has 1 atom stereocenters. The third kappa shape index (κ3) is 2.62. The lowest BCUT2D eigenvalue weighted by Crippen LogP contribution is -2.26. The van der Waals surface area contributed by atoms with Crippen LogP contribution in [-0.2, 0) is 9.53 Å². The summed E-state index contributed by atoms with van der Waals surface area (Å²) in [5.41, 5.74) is 5.85. The minimum Gasteiger partial charge on any atom is -0.468 e. The van der Waals surface area contributed by atoms with Crippen molar-refractivity contribution in [1.82, 2.24) is 0 Å². The first-order valence-electron chi connectivity index (χ1n) is 4.66. The van der Waals surface area contributed by atoms with E-state index in [1.165, 1.54) is 25.3 Å². The Balaban J connectivity index is 0.00000162. The van der Waals surface area contributed by atoms with E-state index >= 15 is 0 Å². The Labute approximate surface area is 107 Å². The fourth-order valence-corrected chi connectivity index (χ4v) is 1.42. The van der Waals surface area contributed by atoms with Gasteiger partial charge in [0.25, 0.3) is 0 Å². The van der Waals surface area contributed by atoms with Crippen LogP contribution in [0.15, 0.2) is 18.2 Å². The molecule has 18 heavy (non-hydrogen) atoms. The number of hydrogen-bond acceptors (Lipinski definition) is 5. The maximum absolute atomic E-state index is 12.7. The van der Waals surface area contributed by atoms with Crippen LogP contribution in [0.2, 0.25) is 0 Å². The zero-order valence-corrected chi connectivity index (χ0v) is 10.0. The second-order valence-electron chi connectivity index (χ2n) is 3.37. The van der Waals surface area contributed by atoms with Crippen LogP contribution in [0.4, 0.5) is 8.78 Å². The zero-order valence-electron chi connectivity index (χ0n) is 9.18. The summed E-state index contributed by atoms with van der Waals surface area (Å²) < 4.78 is 38.3. The Morgan fingerprint density at radius 3 is 2.61 bits per heavy atom. The summed E-state index contributed by atoms with van der Waals surface area (Å²) in [6, 6.07) is 2.82. The Kier molecular flexibility index (Phi) is 3.98. The first kappa shape index (κ1) is 14.5. The highest BCUT2D eigenvalue weighted by molar-refractivity contribution is 5.85. The highest BCUT2D eigenvalue weighted by Crippen LogP contribution is 2.41. The minimum atomic E-state index is -3.68. The highest BCUT2D eigenvalue weighted by atomic mass is 35.5. The predicted octanol–water partition coefficient (Wildman–Crippen LogP) is 1.60. The molecule has 1 aliphatic heterocycles. The number of benzene rings is 1. The van der Waals surface area contributed by atoms with Gasteiger partial charge in [0, 0.05) is 0 Å². The summed E-state index contributed by atoms with van der Waals surface area (Å²) in [5, 5.41) is 0. The topological polar surface area (TPSA) is 70.8 Å². The second-order valence-corrected chi connectivity index (χ2v) is 3.37. The summed E-state index contributed by atoms with van der Waals surface area (Å²) in [4.78, 5) is 11.2. The van der Waals surface area contributed by atoms with Crippen molar-refractivity contribution < 1.29 is 27.8 Å². The van der Waals surface area contributed by atoms with E-state index in [1.807, 2.05) is 0 Å². The average molecular weight is 282 g/mol. The number of alkyl halides is 2. The van der Waals surface area contributed by atoms with Crippen LogP contribution in [0.5, 0.6) is 11.5 Å². The molecule has 0 aliphatic carbocycles. The van der Waals surface area contributed by atoms with E-state index in [0.29, 0.717) is 5.56 Å². The van der Waals surface area contributed by atoms with Crippen LogP contribution >= 0.6 is 12.4 Å². The molecule has 0 unspecified atom stereocenters. The lowest BCUT2D eigenvalue weighted by Gasteiger charge is -2.09. The van der Waals surface area contributed by atoms with Crippen LogP contribution in [0.3, 0.4) is 0 Å². The lowest BCUT2D eigenvalue weighted by atomic mass is 10.1. The second kappa shape index (κ2) is 4.95. The van der Waals surface area contributed by atoms with Crippen molar-refractivity contribution in [3.8, 4) is 11.5 Å². The number of rotatable bonds is 2. The number of nitrogens with two attached hydrogens (primary N) is 1. The number of esters is 1. The Bertz CT molecular complexity index is 469.